The maximum atomic E-state index is 11.2. The highest BCUT2D eigenvalue weighted by atomic mass is 16.5. The molecule has 2 saturated heterocycles. The van der Waals surface area contributed by atoms with Gasteiger partial charge in [0.15, 0.2) is 5.96 Å². The number of carbonyl (C=O) groups is 1. The molecule has 0 aromatic heterocycles. The zero-order valence-corrected chi connectivity index (χ0v) is 14.5. The van der Waals surface area contributed by atoms with Crippen LogP contribution in [0, 0.1) is 0 Å². The molecule has 0 spiro atoms. The topological polar surface area (TPSA) is 72.0 Å². The van der Waals surface area contributed by atoms with Crippen LogP contribution in [0.2, 0.25) is 0 Å². The van der Waals surface area contributed by atoms with Crippen molar-refractivity contribution in [2.75, 3.05) is 20.2 Å². The third-order valence-electron chi connectivity index (χ3n) is 4.56. The van der Waals surface area contributed by atoms with Crippen LogP contribution in [0.15, 0.2) is 4.99 Å². The second-order valence-corrected chi connectivity index (χ2v) is 6.33. The Labute approximate surface area is 139 Å². The molecule has 2 rings (SSSR count). The zero-order valence-electron chi connectivity index (χ0n) is 14.5. The molecule has 2 heterocycles. The van der Waals surface area contributed by atoms with Crippen molar-refractivity contribution in [3.05, 3.63) is 0 Å². The summed E-state index contributed by atoms with van der Waals surface area (Å²) in [4.78, 5) is 15.5. The summed E-state index contributed by atoms with van der Waals surface area (Å²) in [5, 5.41) is 6.85. The Kier molecular flexibility index (Phi) is 7.65. The molecule has 2 fully saturated rings. The Balaban J connectivity index is 1.49. The molecule has 132 valence electrons. The van der Waals surface area contributed by atoms with Crippen LogP contribution in [0.5, 0.6) is 0 Å². The number of fused-ring (bicyclic) bond motifs is 2. The fourth-order valence-electron chi connectivity index (χ4n) is 3.35. The van der Waals surface area contributed by atoms with E-state index < -0.39 is 0 Å². The zero-order chi connectivity index (χ0) is 16.5. The van der Waals surface area contributed by atoms with E-state index in [4.69, 9.17) is 9.47 Å². The van der Waals surface area contributed by atoms with Crippen molar-refractivity contribution in [1.29, 1.82) is 0 Å². The Morgan fingerprint density at radius 2 is 2.09 bits per heavy atom. The van der Waals surface area contributed by atoms with E-state index in [-0.39, 0.29) is 5.97 Å². The van der Waals surface area contributed by atoms with Gasteiger partial charge in [0, 0.05) is 20.0 Å². The van der Waals surface area contributed by atoms with Crippen LogP contribution >= 0.6 is 0 Å². The number of hydrogen-bond acceptors (Lipinski definition) is 4. The van der Waals surface area contributed by atoms with Crippen LogP contribution in [0.25, 0.3) is 0 Å². The van der Waals surface area contributed by atoms with Gasteiger partial charge in [0.25, 0.3) is 0 Å². The summed E-state index contributed by atoms with van der Waals surface area (Å²) in [7, 11) is 1.81. The minimum atomic E-state index is -0.0803. The molecular formula is C17H31N3O3. The molecule has 2 aliphatic heterocycles. The first kappa shape index (κ1) is 18.0. The molecule has 6 nitrogen and oxygen atoms in total. The summed E-state index contributed by atoms with van der Waals surface area (Å²) in [5.41, 5.74) is 0. The summed E-state index contributed by atoms with van der Waals surface area (Å²) in [6.45, 7) is 3.22. The Morgan fingerprint density at radius 1 is 1.26 bits per heavy atom. The van der Waals surface area contributed by atoms with Gasteiger partial charge in [-0.25, -0.2) is 0 Å². The van der Waals surface area contributed by atoms with Gasteiger partial charge in [0.1, 0.15) is 0 Å². The van der Waals surface area contributed by atoms with Gasteiger partial charge in [0.05, 0.1) is 24.9 Å². The van der Waals surface area contributed by atoms with Crippen LogP contribution in [-0.4, -0.2) is 50.4 Å². The van der Waals surface area contributed by atoms with E-state index in [1.165, 1.54) is 12.8 Å². The fourth-order valence-corrected chi connectivity index (χ4v) is 3.35. The molecule has 0 aliphatic carbocycles. The normalized spacial score (nSPS) is 26.3. The molecule has 3 atom stereocenters. The molecule has 0 aromatic rings. The number of guanidine groups is 1. The van der Waals surface area contributed by atoms with Gasteiger partial charge in [-0.1, -0.05) is 12.8 Å². The molecule has 6 heteroatoms. The van der Waals surface area contributed by atoms with Gasteiger partial charge in [-0.3, -0.25) is 9.79 Å². The lowest BCUT2D eigenvalue weighted by Crippen LogP contribution is -2.47. The number of esters is 1. The van der Waals surface area contributed by atoms with Crippen LogP contribution in [0.1, 0.15) is 58.3 Å². The fraction of sp³-hybridized carbons (Fsp3) is 0.882. The lowest BCUT2D eigenvalue weighted by Gasteiger charge is -2.22. The predicted octanol–water partition coefficient (Wildman–Crippen LogP) is 1.98. The number of aliphatic imine (C=N–C) groups is 1. The monoisotopic (exact) mass is 325 g/mol. The highest BCUT2D eigenvalue weighted by Crippen LogP contribution is 2.34. The number of carbonyl (C=O) groups excluding carboxylic acids is 1. The maximum Gasteiger partial charge on any atom is 0.305 e. The second kappa shape index (κ2) is 9.75. The number of unbranched alkanes of at least 4 members (excludes halogenated alkanes) is 3. The van der Waals surface area contributed by atoms with Gasteiger partial charge in [-0.2, -0.15) is 0 Å². The van der Waals surface area contributed by atoms with Gasteiger partial charge < -0.3 is 20.1 Å². The molecule has 3 unspecified atom stereocenters. The van der Waals surface area contributed by atoms with Gasteiger partial charge >= 0.3 is 5.97 Å². The quantitative estimate of drug-likeness (QED) is 0.293. The van der Waals surface area contributed by atoms with E-state index in [0.717, 1.165) is 44.6 Å². The molecular weight excluding hydrogens is 294 g/mol. The number of ether oxygens (including phenoxy) is 2. The Bertz CT molecular complexity index is 401. The lowest BCUT2D eigenvalue weighted by molar-refractivity contribution is -0.143. The van der Waals surface area contributed by atoms with Crippen molar-refractivity contribution in [3.63, 3.8) is 0 Å². The van der Waals surface area contributed by atoms with E-state index in [1.807, 2.05) is 14.0 Å². The minimum absolute atomic E-state index is 0.0803. The van der Waals surface area contributed by atoms with Gasteiger partial charge in [-0.05, 0) is 39.0 Å². The van der Waals surface area contributed by atoms with E-state index in [0.29, 0.717) is 31.3 Å². The van der Waals surface area contributed by atoms with Crippen molar-refractivity contribution < 1.29 is 14.3 Å². The summed E-state index contributed by atoms with van der Waals surface area (Å²) < 4.78 is 10.8. The third-order valence-corrected chi connectivity index (χ3v) is 4.56. The molecule has 0 radical (unpaired) electrons. The smallest absolute Gasteiger partial charge is 0.305 e. The van der Waals surface area contributed by atoms with E-state index in [9.17, 15) is 4.79 Å². The Morgan fingerprint density at radius 3 is 2.74 bits per heavy atom. The highest BCUT2D eigenvalue weighted by molar-refractivity contribution is 5.80. The van der Waals surface area contributed by atoms with E-state index in [1.54, 1.807) is 0 Å². The summed E-state index contributed by atoms with van der Waals surface area (Å²) >= 11 is 0. The SMILES string of the molecule is CCOC(=O)CCCCCCNC(=NC)NC1CC2CCC1O2. The molecule has 0 amide bonds. The molecule has 0 saturated carbocycles. The molecule has 23 heavy (non-hydrogen) atoms. The summed E-state index contributed by atoms with van der Waals surface area (Å²) in [6.07, 6.45) is 8.99. The van der Waals surface area contributed by atoms with Crippen molar-refractivity contribution in [1.82, 2.24) is 10.6 Å². The van der Waals surface area contributed by atoms with E-state index >= 15 is 0 Å². The van der Waals surface area contributed by atoms with Crippen LogP contribution in [-0.2, 0) is 14.3 Å². The highest BCUT2D eigenvalue weighted by Gasteiger charge is 2.40. The lowest BCUT2D eigenvalue weighted by atomic mass is 9.96. The predicted molar refractivity (Wildman–Crippen MR) is 90.5 cm³/mol. The first-order valence-electron chi connectivity index (χ1n) is 9.01. The van der Waals surface area contributed by atoms with Gasteiger partial charge in [0.2, 0.25) is 0 Å². The minimum Gasteiger partial charge on any atom is -0.466 e. The average molecular weight is 325 g/mol. The van der Waals surface area contributed by atoms with Crippen LogP contribution in [0.3, 0.4) is 0 Å². The van der Waals surface area contributed by atoms with Crippen molar-refractivity contribution in [3.8, 4) is 0 Å². The molecule has 2 N–H and O–H groups in total. The van der Waals surface area contributed by atoms with Crippen LogP contribution < -0.4 is 10.6 Å². The van der Waals surface area contributed by atoms with Gasteiger partial charge in [-0.15, -0.1) is 0 Å². The number of nitrogens with zero attached hydrogens (tertiary/aromatic N) is 1. The van der Waals surface area contributed by atoms with Crippen molar-refractivity contribution in [2.24, 2.45) is 4.99 Å². The van der Waals surface area contributed by atoms with Crippen LogP contribution in [0.4, 0.5) is 0 Å². The molecule has 2 aliphatic rings. The maximum absolute atomic E-state index is 11.2. The average Bonchev–Trinajstić information content (AvgIpc) is 3.15. The number of nitrogens with one attached hydrogen (secondary N) is 2. The number of rotatable bonds is 9. The first-order chi connectivity index (χ1) is 11.2. The summed E-state index contributed by atoms with van der Waals surface area (Å²) in [5.74, 6) is 0.793. The second-order valence-electron chi connectivity index (χ2n) is 6.33. The van der Waals surface area contributed by atoms with Crippen molar-refractivity contribution in [2.45, 2.75) is 76.5 Å². The van der Waals surface area contributed by atoms with Crippen molar-refractivity contribution >= 4 is 11.9 Å². The summed E-state index contributed by atoms with van der Waals surface area (Å²) in [6, 6.07) is 0.407. The Hall–Kier alpha value is -1.30. The third kappa shape index (κ3) is 6.01. The molecule has 2 bridgehead atoms. The number of hydrogen-bond donors (Lipinski definition) is 2. The van der Waals surface area contributed by atoms with E-state index in [2.05, 4.69) is 15.6 Å². The standard InChI is InChI=1S/C17H31N3O3/c1-3-22-16(21)8-6-4-5-7-11-19-17(18-2)20-14-12-13-9-10-15(14)23-13/h13-15H,3-12H2,1-2H3,(H2,18,19,20). The first-order valence-corrected chi connectivity index (χ1v) is 9.01. The molecule has 0 aromatic carbocycles. The largest absolute Gasteiger partial charge is 0.466 e.